The Bertz CT molecular complexity index is 632. The molecule has 2 aromatic rings. The van der Waals surface area contributed by atoms with E-state index >= 15 is 0 Å². The summed E-state index contributed by atoms with van der Waals surface area (Å²) in [4.78, 5) is 2.11. The minimum atomic E-state index is -0.172. The van der Waals surface area contributed by atoms with Gasteiger partial charge in [0, 0.05) is 24.1 Å². The average Bonchev–Trinajstić information content (AvgIpc) is 2.51. The first-order chi connectivity index (χ1) is 10.1. The van der Waals surface area contributed by atoms with Gasteiger partial charge in [0.15, 0.2) is 0 Å². The van der Waals surface area contributed by atoms with Gasteiger partial charge in [0.05, 0.1) is 11.2 Å². The highest BCUT2D eigenvalue weighted by atomic mass is 79.9. The van der Waals surface area contributed by atoms with Crippen LogP contribution in [0.2, 0.25) is 0 Å². The molecule has 1 saturated heterocycles. The van der Waals surface area contributed by atoms with Crippen molar-refractivity contribution in [2.75, 3.05) is 24.5 Å². The summed E-state index contributed by atoms with van der Waals surface area (Å²) in [6.07, 6.45) is 0. The third-order valence-electron chi connectivity index (χ3n) is 4.06. The molecule has 3 rings (SSSR count). The molecule has 1 atom stereocenters. The fourth-order valence-electron chi connectivity index (χ4n) is 2.92. The van der Waals surface area contributed by atoms with Gasteiger partial charge in [-0.2, -0.15) is 0 Å². The molecule has 0 aromatic heterocycles. The van der Waals surface area contributed by atoms with Crippen molar-refractivity contribution in [2.45, 2.75) is 12.5 Å². The van der Waals surface area contributed by atoms with Gasteiger partial charge >= 0.3 is 0 Å². The quantitative estimate of drug-likeness (QED) is 0.884. The zero-order chi connectivity index (χ0) is 14.9. The van der Waals surface area contributed by atoms with E-state index in [1.807, 2.05) is 24.3 Å². The lowest BCUT2D eigenvalue weighted by atomic mass is 9.89. The second kappa shape index (κ2) is 5.78. The number of anilines is 1. The summed E-state index contributed by atoms with van der Waals surface area (Å²) < 4.78 is 15.0. The van der Waals surface area contributed by atoms with Gasteiger partial charge in [-0.25, -0.2) is 4.39 Å². The van der Waals surface area contributed by atoms with E-state index in [4.69, 9.17) is 0 Å². The number of benzene rings is 2. The van der Waals surface area contributed by atoms with Gasteiger partial charge < -0.3 is 10.2 Å². The highest BCUT2D eigenvalue weighted by Crippen LogP contribution is 2.30. The lowest BCUT2D eigenvalue weighted by Gasteiger charge is -2.43. The van der Waals surface area contributed by atoms with Crippen molar-refractivity contribution in [3.63, 3.8) is 0 Å². The van der Waals surface area contributed by atoms with Gasteiger partial charge in [-0.1, -0.05) is 46.3 Å². The average molecular weight is 349 g/mol. The highest BCUT2D eigenvalue weighted by Gasteiger charge is 2.33. The van der Waals surface area contributed by atoms with Crippen LogP contribution in [0.15, 0.2) is 53.0 Å². The van der Waals surface area contributed by atoms with Crippen LogP contribution in [0.25, 0.3) is 0 Å². The molecule has 1 aliphatic heterocycles. The maximum atomic E-state index is 14.1. The molecule has 1 aliphatic rings. The van der Waals surface area contributed by atoms with Crippen LogP contribution >= 0.6 is 15.9 Å². The number of hydrogen-bond acceptors (Lipinski definition) is 2. The number of piperazine rings is 1. The Hall–Kier alpha value is -1.39. The van der Waals surface area contributed by atoms with Crippen LogP contribution in [-0.4, -0.2) is 19.6 Å². The van der Waals surface area contributed by atoms with Crippen LogP contribution in [0.4, 0.5) is 10.1 Å². The Kier molecular flexibility index (Phi) is 4.00. The van der Waals surface area contributed by atoms with E-state index in [2.05, 4.69) is 45.2 Å². The van der Waals surface area contributed by atoms with Gasteiger partial charge in [-0.05, 0) is 30.7 Å². The molecule has 2 nitrogen and oxygen atoms in total. The molecule has 1 N–H and O–H groups in total. The maximum absolute atomic E-state index is 14.1. The zero-order valence-corrected chi connectivity index (χ0v) is 13.5. The smallest absolute Gasteiger partial charge is 0.146 e. The van der Waals surface area contributed by atoms with Crippen molar-refractivity contribution in [1.29, 1.82) is 0 Å². The van der Waals surface area contributed by atoms with Crippen LogP contribution in [0.3, 0.4) is 0 Å². The molecule has 21 heavy (non-hydrogen) atoms. The van der Waals surface area contributed by atoms with Crippen molar-refractivity contribution in [3.8, 4) is 0 Å². The van der Waals surface area contributed by atoms with Crippen LogP contribution < -0.4 is 10.2 Å². The van der Waals surface area contributed by atoms with E-state index in [1.54, 1.807) is 6.07 Å². The first-order valence-corrected chi connectivity index (χ1v) is 7.88. The van der Waals surface area contributed by atoms with Gasteiger partial charge in [-0.3, -0.25) is 0 Å². The van der Waals surface area contributed by atoms with Gasteiger partial charge in [-0.15, -0.1) is 0 Å². The summed E-state index contributed by atoms with van der Waals surface area (Å²) in [6, 6.07) is 15.4. The number of nitrogens with zero attached hydrogens (tertiary/aromatic N) is 1. The van der Waals surface area contributed by atoms with Gasteiger partial charge in [0.25, 0.3) is 0 Å². The zero-order valence-electron chi connectivity index (χ0n) is 11.9. The SMILES string of the molecule is CC1(c2ccccc2)CN(c2cc(Br)ccc2F)CCN1. The van der Waals surface area contributed by atoms with E-state index in [0.29, 0.717) is 5.69 Å². The number of rotatable bonds is 2. The first-order valence-electron chi connectivity index (χ1n) is 7.09. The minimum absolute atomic E-state index is 0.171. The molecule has 0 radical (unpaired) electrons. The second-order valence-corrected chi connectivity index (χ2v) is 6.56. The Morgan fingerprint density at radius 3 is 2.71 bits per heavy atom. The van der Waals surface area contributed by atoms with Crippen LogP contribution in [0, 0.1) is 5.82 Å². The molecule has 0 bridgehead atoms. The molecule has 0 spiro atoms. The van der Waals surface area contributed by atoms with Crippen LogP contribution in [-0.2, 0) is 5.54 Å². The van der Waals surface area contributed by atoms with E-state index in [0.717, 1.165) is 24.1 Å². The lowest BCUT2D eigenvalue weighted by Crippen LogP contribution is -2.57. The predicted octanol–water partition coefficient (Wildman–Crippen LogP) is 3.91. The largest absolute Gasteiger partial charge is 0.366 e. The minimum Gasteiger partial charge on any atom is -0.366 e. The normalized spacial score (nSPS) is 22.3. The van der Waals surface area contributed by atoms with E-state index < -0.39 is 0 Å². The van der Waals surface area contributed by atoms with Gasteiger partial charge in [0.1, 0.15) is 5.82 Å². The van der Waals surface area contributed by atoms with E-state index in [-0.39, 0.29) is 11.4 Å². The molecule has 0 amide bonds. The van der Waals surface area contributed by atoms with Crippen molar-refractivity contribution in [3.05, 3.63) is 64.4 Å². The fourth-order valence-corrected chi connectivity index (χ4v) is 3.27. The molecular formula is C17H18BrFN2. The molecule has 0 saturated carbocycles. The van der Waals surface area contributed by atoms with Crippen LogP contribution in [0.5, 0.6) is 0 Å². The predicted molar refractivity (Wildman–Crippen MR) is 88.1 cm³/mol. The Balaban J connectivity index is 1.91. The summed E-state index contributed by atoms with van der Waals surface area (Å²) in [5, 5.41) is 3.57. The molecule has 0 aliphatic carbocycles. The Morgan fingerprint density at radius 2 is 1.95 bits per heavy atom. The standard InChI is InChI=1S/C17H18BrFN2/c1-17(13-5-3-2-4-6-13)12-21(10-9-20-17)16-11-14(18)7-8-15(16)19/h2-8,11,20H,9-10,12H2,1H3. The monoisotopic (exact) mass is 348 g/mol. The molecular weight excluding hydrogens is 331 g/mol. The van der Waals surface area contributed by atoms with E-state index in [1.165, 1.54) is 11.6 Å². The van der Waals surface area contributed by atoms with Crippen molar-refractivity contribution < 1.29 is 4.39 Å². The Morgan fingerprint density at radius 1 is 1.19 bits per heavy atom. The number of nitrogens with one attached hydrogen (secondary N) is 1. The maximum Gasteiger partial charge on any atom is 0.146 e. The molecule has 1 heterocycles. The molecule has 110 valence electrons. The topological polar surface area (TPSA) is 15.3 Å². The third kappa shape index (κ3) is 2.97. The molecule has 2 aromatic carbocycles. The molecule has 1 fully saturated rings. The third-order valence-corrected chi connectivity index (χ3v) is 4.56. The van der Waals surface area contributed by atoms with E-state index in [9.17, 15) is 4.39 Å². The Labute approximate surface area is 133 Å². The van der Waals surface area contributed by atoms with Crippen molar-refractivity contribution in [1.82, 2.24) is 5.32 Å². The highest BCUT2D eigenvalue weighted by molar-refractivity contribution is 9.10. The first kappa shape index (κ1) is 14.5. The summed E-state index contributed by atoms with van der Waals surface area (Å²) in [7, 11) is 0. The summed E-state index contributed by atoms with van der Waals surface area (Å²) in [5.41, 5.74) is 1.71. The molecule has 4 heteroatoms. The van der Waals surface area contributed by atoms with Crippen molar-refractivity contribution >= 4 is 21.6 Å². The lowest BCUT2D eigenvalue weighted by molar-refractivity contribution is 0.330. The fraction of sp³-hybridized carbons (Fsp3) is 0.294. The van der Waals surface area contributed by atoms with Crippen LogP contribution in [0.1, 0.15) is 12.5 Å². The summed E-state index contributed by atoms with van der Waals surface area (Å²) in [5.74, 6) is -0.171. The number of hydrogen-bond donors (Lipinski definition) is 1. The second-order valence-electron chi connectivity index (χ2n) is 5.64. The van der Waals surface area contributed by atoms with Crippen molar-refractivity contribution in [2.24, 2.45) is 0 Å². The molecule has 1 unspecified atom stereocenters. The number of halogens is 2. The summed E-state index contributed by atoms with van der Waals surface area (Å²) in [6.45, 7) is 4.54. The summed E-state index contributed by atoms with van der Waals surface area (Å²) >= 11 is 3.43. The van der Waals surface area contributed by atoms with Gasteiger partial charge in [0.2, 0.25) is 0 Å².